The van der Waals surface area contributed by atoms with Crippen molar-refractivity contribution in [2.24, 2.45) is 0 Å². The fourth-order valence-electron chi connectivity index (χ4n) is 2.29. The molecule has 0 amide bonds. The molecule has 0 saturated heterocycles. The second-order valence-electron chi connectivity index (χ2n) is 6.45. The van der Waals surface area contributed by atoms with Crippen LogP contribution in [0.5, 0.6) is 11.5 Å². The Bertz CT molecular complexity index is 860. The molecule has 0 spiro atoms. The summed E-state index contributed by atoms with van der Waals surface area (Å²) in [4.78, 5) is 15.8. The van der Waals surface area contributed by atoms with Crippen LogP contribution in [0.3, 0.4) is 0 Å². The molecule has 0 unspecified atom stereocenters. The van der Waals surface area contributed by atoms with Crippen LogP contribution in [0.2, 0.25) is 0 Å². The van der Waals surface area contributed by atoms with E-state index >= 15 is 0 Å². The van der Waals surface area contributed by atoms with E-state index in [1.54, 1.807) is 45.2 Å². The second kappa shape index (κ2) is 8.69. The van der Waals surface area contributed by atoms with E-state index in [2.05, 4.69) is 4.89 Å². The molecule has 0 atom stereocenters. The standard InChI is InChI=1S/C20H24O6/c1-14(6-5-10-20(2,3)26-22)9-11-24-15-12-17(23-4)16-7-8-19(21)25-18(16)13-15/h5,7-10,12-13,22H,6,11H2,1-4H3/b10-5+,14-9+. The summed E-state index contributed by atoms with van der Waals surface area (Å²) in [5, 5.41) is 9.45. The molecule has 0 aliphatic carbocycles. The highest BCUT2D eigenvalue weighted by Gasteiger charge is 2.12. The van der Waals surface area contributed by atoms with Crippen LogP contribution in [0.4, 0.5) is 0 Å². The van der Waals surface area contributed by atoms with E-state index < -0.39 is 11.2 Å². The molecule has 0 fully saturated rings. The van der Waals surface area contributed by atoms with Gasteiger partial charge in [-0.15, -0.1) is 0 Å². The molecular formula is C20H24O6. The van der Waals surface area contributed by atoms with Crippen LogP contribution in [0.15, 0.2) is 57.3 Å². The van der Waals surface area contributed by atoms with Gasteiger partial charge in [0.1, 0.15) is 29.3 Å². The van der Waals surface area contributed by atoms with Gasteiger partial charge in [0.05, 0.1) is 12.5 Å². The number of ether oxygens (including phenoxy) is 2. The summed E-state index contributed by atoms with van der Waals surface area (Å²) < 4.78 is 16.3. The Morgan fingerprint density at radius 3 is 2.77 bits per heavy atom. The smallest absolute Gasteiger partial charge is 0.336 e. The first kappa shape index (κ1) is 19.8. The first-order chi connectivity index (χ1) is 12.3. The molecule has 26 heavy (non-hydrogen) atoms. The Kier molecular flexibility index (Phi) is 6.60. The van der Waals surface area contributed by atoms with Gasteiger partial charge in [-0.05, 0) is 39.3 Å². The van der Waals surface area contributed by atoms with Gasteiger partial charge >= 0.3 is 5.63 Å². The predicted molar refractivity (Wildman–Crippen MR) is 99.8 cm³/mol. The lowest BCUT2D eigenvalue weighted by atomic mass is 10.1. The van der Waals surface area contributed by atoms with Crippen molar-refractivity contribution in [1.82, 2.24) is 0 Å². The number of methoxy groups -OCH3 is 1. The van der Waals surface area contributed by atoms with Crippen LogP contribution >= 0.6 is 0 Å². The third-order valence-electron chi connectivity index (χ3n) is 3.77. The Morgan fingerprint density at radius 1 is 1.31 bits per heavy atom. The molecule has 2 rings (SSSR count). The minimum Gasteiger partial charge on any atom is -0.496 e. The summed E-state index contributed by atoms with van der Waals surface area (Å²) in [6, 6.07) is 6.45. The minimum atomic E-state index is -0.706. The Balaban J connectivity index is 2.04. The summed E-state index contributed by atoms with van der Waals surface area (Å²) in [5.41, 5.74) is 0.396. The molecule has 0 saturated carbocycles. The fourth-order valence-corrected chi connectivity index (χ4v) is 2.29. The van der Waals surface area contributed by atoms with Crippen LogP contribution < -0.4 is 15.1 Å². The highest BCUT2D eigenvalue weighted by atomic mass is 17.1. The zero-order valence-corrected chi connectivity index (χ0v) is 15.4. The lowest BCUT2D eigenvalue weighted by Gasteiger charge is -2.14. The zero-order chi connectivity index (χ0) is 19.2. The SMILES string of the molecule is COc1cc(OC/C=C(\C)C/C=C/C(C)(C)OO)cc2oc(=O)ccc12. The van der Waals surface area contributed by atoms with Crippen molar-refractivity contribution in [3.8, 4) is 11.5 Å². The molecule has 0 aliphatic rings. The van der Waals surface area contributed by atoms with E-state index in [4.69, 9.17) is 19.1 Å². The zero-order valence-electron chi connectivity index (χ0n) is 15.4. The summed E-state index contributed by atoms with van der Waals surface area (Å²) in [6.45, 7) is 5.88. The maximum absolute atomic E-state index is 11.4. The number of benzene rings is 1. The van der Waals surface area contributed by atoms with Crippen molar-refractivity contribution in [3.63, 3.8) is 0 Å². The first-order valence-corrected chi connectivity index (χ1v) is 8.25. The molecule has 1 heterocycles. The van der Waals surface area contributed by atoms with Gasteiger partial charge in [0.15, 0.2) is 0 Å². The van der Waals surface area contributed by atoms with Gasteiger partial charge in [-0.1, -0.05) is 17.7 Å². The van der Waals surface area contributed by atoms with Gasteiger partial charge in [0, 0.05) is 18.2 Å². The third-order valence-corrected chi connectivity index (χ3v) is 3.77. The second-order valence-corrected chi connectivity index (χ2v) is 6.45. The van der Waals surface area contributed by atoms with Crippen molar-refractivity contribution in [2.45, 2.75) is 32.8 Å². The predicted octanol–water partition coefficient (Wildman–Crippen LogP) is 4.34. The molecular weight excluding hydrogens is 336 g/mol. The normalized spacial score (nSPS) is 12.7. The van der Waals surface area contributed by atoms with E-state index in [0.717, 1.165) is 5.57 Å². The molecule has 140 valence electrons. The van der Waals surface area contributed by atoms with E-state index in [1.165, 1.54) is 6.07 Å². The van der Waals surface area contributed by atoms with Gasteiger partial charge in [0.2, 0.25) is 0 Å². The molecule has 1 aromatic carbocycles. The number of hydrogen-bond donors (Lipinski definition) is 1. The number of hydrogen-bond acceptors (Lipinski definition) is 6. The molecule has 1 aromatic heterocycles. The molecule has 0 radical (unpaired) electrons. The summed E-state index contributed by atoms with van der Waals surface area (Å²) in [7, 11) is 1.55. The summed E-state index contributed by atoms with van der Waals surface area (Å²) >= 11 is 0. The van der Waals surface area contributed by atoms with Crippen molar-refractivity contribution in [2.75, 3.05) is 13.7 Å². The molecule has 1 N–H and O–H groups in total. The van der Waals surface area contributed by atoms with Crippen molar-refractivity contribution < 1.29 is 24.0 Å². The number of rotatable bonds is 8. The van der Waals surface area contributed by atoms with Crippen molar-refractivity contribution >= 4 is 11.0 Å². The Morgan fingerprint density at radius 2 is 2.08 bits per heavy atom. The van der Waals surface area contributed by atoms with Crippen LogP contribution in [0.25, 0.3) is 11.0 Å². The molecule has 0 bridgehead atoms. The molecule has 6 nitrogen and oxygen atoms in total. The number of fused-ring (bicyclic) bond motifs is 1. The highest BCUT2D eigenvalue weighted by molar-refractivity contribution is 5.84. The van der Waals surface area contributed by atoms with E-state index in [0.29, 0.717) is 35.5 Å². The summed E-state index contributed by atoms with van der Waals surface area (Å²) in [5.74, 6) is 1.13. The highest BCUT2D eigenvalue weighted by Crippen LogP contribution is 2.30. The van der Waals surface area contributed by atoms with Crippen LogP contribution in [-0.4, -0.2) is 24.6 Å². The van der Waals surface area contributed by atoms with Gasteiger partial charge in [-0.25, -0.2) is 9.68 Å². The van der Waals surface area contributed by atoms with E-state index in [9.17, 15) is 4.79 Å². The monoisotopic (exact) mass is 360 g/mol. The third kappa shape index (κ3) is 5.47. The van der Waals surface area contributed by atoms with Crippen LogP contribution in [0, 0.1) is 0 Å². The van der Waals surface area contributed by atoms with Gasteiger partial charge < -0.3 is 13.9 Å². The number of allylic oxidation sites excluding steroid dienone is 2. The Hall–Kier alpha value is -2.57. The lowest BCUT2D eigenvalue weighted by Crippen LogP contribution is -2.18. The van der Waals surface area contributed by atoms with E-state index in [1.807, 2.05) is 19.1 Å². The van der Waals surface area contributed by atoms with Crippen LogP contribution in [0.1, 0.15) is 27.2 Å². The van der Waals surface area contributed by atoms with E-state index in [-0.39, 0.29) is 0 Å². The van der Waals surface area contributed by atoms with Crippen LogP contribution in [-0.2, 0) is 4.89 Å². The average Bonchev–Trinajstić information content (AvgIpc) is 2.60. The van der Waals surface area contributed by atoms with Gasteiger partial charge in [-0.2, -0.15) is 0 Å². The average molecular weight is 360 g/mol. The quantitative estimate of drug-likeness (QED) is 0.326. The topological polar surface area (TPSA) is 78.1 Å². The van der Waals surface area contributed by atoms with Gasteiger partial charge in [-0.3, -0.25) is 5.26 Å². The Labute approximate surface area is 152 Å². The molecule has 6 heteroatoms. The molecule has 2 aromatic rings. The largest absolute Gasteiger partial charge is 0.496 e. The summed E-state index contributed by atoms with van der Waals surface area (Å²) in [6.07, 6.45) is 6.39. The fraction of sp³-hybridized carbons (Fsp3) is 0.350. The first-order valence-electron chi connectivity index (χ1n) is 8.25. The van der Waals surface area contributed by atoms with Crippen molar-refractivity contribution in [1.29, 1.82) is 0 Å². The maximum Gasteiger partial charge on any atom is 0.336 e. The molecule has 0 aliphatic heterocycles. The van der Waals surface area contributed by atoms with Crippen molar-refractivity contribution in [3.05, 3.63) is 58.5 Å². The minimum absolute atomic E-state index is 0.366. The lowest BCUT2D eigenvalue weighted by molar-refractivity contribution is -0.297. The van der Waals surface area contributed by atoms with Gasteiger partial charge in [0.25, 0.3) is 0 Å². The maximum atomic E-state index is 11.4.